The van der Waals surface area contributed by atoms with Crippen LogP contribution in [0.3, 0.4) is 0 Å². The fourth-order valence-corrected chi connectivity index (χ4v) is 1.53. The Morgan fingerprint density at radius 2 is 1.81 bits per heavy atom. The molecule has 0 aliphatic carbocycles. The summed E-state index contributed by atoms with van der Waals surface area (Å²) in [5, 5.41) is 3.00. The van der Waals surface area contributed by atoms with Gasteiger partial charge in [-0.2, -0.15) is 0 Å². The summed E-state index contributed by atoms with van der Waals surface area (Å²) in [5.41, 5.74) is 5.60. The minimum Gasteiger partial charge on any atom is -0.352 e. The molecule has 0 aromatic heterocycles. The second-order valence-corrected chi connectivity index (χ2v) is 4.10. The van der Waals surface area contributed by atoms with Crippen LogP contribution in [0.5, 0.6) is 0 Å². The number of hydrogen-bond acceptors (Lipinski definition) is 2. The first-order valence-electron chi connectivity index (χ1n) is 6.24. The summed E-state index contributed by atoms with van der Waals surface area (Å²) in [4.78, 5) is 11.5. The van der Waals surface area contributed by atoms with Gasteiger partial charge in [-0.3, -0.25) is 4.79 Å². The highest BCUT2D eigenvalue weighted by Gasteiger charge is 2.09. The van der Waals surface area contributed by atoms with Crippen molar-refractivity contribution in [1.29, 1.82) is 0 Å². The summed E-state index contributed by atoms with van der Waals surface area (Å²) >= 11 is 0. The molecule has 0 aromatic carbocycles. The Balaban J connectivity index is 0. The van der Waals surface area contributed by atoms with Gasteiger partial charge in [0.25, 0.3) is 0 Å². The first-order valence-corrected chi connectivity index (χ1v) is 6.24. The Bertz CT molecular complexity index is 165. The zero-order valence-electron chi connectivity index (χ0n) is 10.6. The van der Waals surface area contributed by atoms with Gasteiger partial charge in [-0.25, -0.2) is 0 Å². The third kappa shape index (κ3) is 10.2. The Labute approximate surface area is 106 Å². The van der Waals surface area contributed by atoms with Gasteiger partial charge in [0, 0.05) is 19.0 Å². The van der Waals surface area contributed by atoms with E-state index in [-0.39, 0.29) is 24.4 Å². The van der Waals surface area contributed by atoms with E-state index in [0.717, 1.165) is 38.5 Å². The largest absolute Gasteiger partial charge is 0.352 e. The molecule has 0 aliphatic rings. The van der Waals surface area contributed by atoms with Crippen LogP contribution < -0.4 is 11.1 Å². The Kier molecular flexibility index (Phi) is 14.5. The summed E-state index contributed by atoms with van der Waals surface area (Å²) < 4.78 is 0. The van der Waals surface area contributed by atoms with E-state index in [1.165, 1.54) is 0 Å². The Morgan fingerprint density at radius 1 is 1.19 bits per heavy atom. The standard InChI is InChI=1S/C12H26N2O.ClH/c1-3-5-7-9-12(15)14-11(10-13)8-6-4-2;/h11H,3-10,13H2,1-2H3,(H,14,15);1H. The van der Waals surface area contributed by atoms with Crippen LogP contribution in [0, 0.1) is 0 Å². The topological polar surface area (TPSA) is 55.1 Å². The van der Waals surface area contributed by atoms with Gasteiger partial charge >= 0.3 is 0 Å². The molecule has 4 heteroatoms. The molecule has 0 bridgehead atoms. The Hall–Kier alpha value is -0.280. The molecule has 0 saturated heterocycles. The van der Waals surface area contributed by atoms with Crippen LogP contribution in [-0.4, -0.2) is 18.5 Å². The second-order valence-electron chi connectivity index (χ2n) is 4.10. The van der Waals surface area contributed by atoms with E-state index in [0.29, 0.717) is 13.0 Å². The lowest BCUT2D eigenvalue weighted by Crippen LogP contribution is -2.40. The fourth-order valence-electron chi connectivity index (χ4n) is 1.53. The van der Waals surface area contributed by atoms with E-state index in [9.17, 15) is 4.79 Å². The molecule has 0 aromatic rings. The molecule has 3 N–H and O–H groups in total. The predicted molar refractivity (Wildman–Crippen MR) is 71.9 cm³/mol. The van der Waals surface area contributed by atoms with Gasteiger partial charge in [0.05, 0.1) is 0 Å². The predicted octanol–water partition coefficient (Wildman–Crippen LogP) is 2.62. The molecule has 1 amide bonds. The summed E-state index contributed by atoms with van der Waals surface area (Å²) in [6, 6.07) is 0.180. The van der Waals surface area contributed by atoms with Crippen LogP contribution in [0.25, 0.3) is 0 Å². The molecule has 1 atom stereocenters. The molecular weight excluding hydrogens is 224 g/mol. The molecule has 3 nitrogen and oxygen atoms in total. The van der Waals surface area contributed by atoms with Crippen LogP contribution in [0.1, 0.15) is 58.8 Å². The van der Waals surface area contributed by atoms with Gasteiger partial charge in [0.1, 0.15) is 0 Å². The van der Waals surface area contributed by atoms with Crippen LogP contribution in [0.15, 0.2) is 0 Å². The SMILES string of the molecule is CCCCCC(=O)NC(CN)CCCC.Cl. The van der Waals surface area contributed by atoms with Gasteiger partial charge in [0.2, 0.25) is 5.91 Å². The monoisotopic (exact) mass is 250 g/mol. The minimum absolute atomic E-state index is 0. The van der Waals surface area contributed by atoms with Crippen molar-refractivity contribution in [3.8, 4) is 0 Å². The number of carbonyl (C=O) groups excluding carboxylic acids is 1. The molecule has 0 saturated carbocycles. The number of halogens is 1. The maximum absolute atomic E-state index is 11.5. The van der Waals surface area contributed by atoms with Crippen molar-refractivity contribution in [2.24, 2.45) is 5.73 Å². The van der Waals surface area contributed by atoms with Crippen molar-refractivity contribution >= 4 is 18.3 Å². The van der Waals surface area contributed by atoms with E-state index in [1.807, 2.05) is 0 Å². The zero-order chi connectivity index (χ0) is 11.5. The van der Waals surface area contributed by atoms with Crippen molar-refractivity contribution < 1.29 is 4.79 Å². The highest BCUT2D eigenvalue weighted by atomic mass is 35.5. The molecule has 0 fully saturated rings. The van der Waals surface area contributed by atoms with E-state index < -0.39 is 0 Å². The van der Waals surface area contributed by atoms with Crippen molar-refractivity contribution in [3.63, 3.8) is 0 Å². The van der Waals surface area contributed by atoms with Crippen molar-refractivity contribution in [1.82, 2.24) is 5.32 Å². The summed E-state index contributed by atoms with van der Waals surface area (Å²) in [6.45, 7) is 4.85. The van der Waals surface area contributed by atoms with E-state index in [1.54, 1.807) is 0 Å². The maximum atomic E-state index is 11.5. The van der Waals surface area contributed by atoms with Crippen molar-refractivity contribution in [2.75, 3.05) is 6.54 Å². The van der Waals surface area contributed by atoms with Crippen LogP contribution in [0.2, 0.25) is 0 Å². The summed E-state index contributed by atoms with van der Waals surface area (Å²) in [5.74, 6) is 0.162. The smallest absolute Gasteiger partial charge is 0.220 e. The van der Waals surface area contributed by atoms with Gasteiger partial charge in [0.15, 0.2) is 0 Å². The number of unbranched alkanes of at least 4 members (excludes halogenated alkanes) is 3. The van der Waals surface area contributed by atoms with Crippen molar-refractivity contribution in [3.05, 3.63) is 0 Å². The Morgan fingerprint density at radius 3 is 2.31 bits per heavy atom. The molecule has 0 aliphatic heterocycles. The van der Waals surface area contributed by atoms with Crippen LogP contribution in [-0.2, 0) is 4.79 Å². The lowest BCUT2D eigenvalue weighted by Gasteiger charge is -2.16. The number of rotatable bonds is 9. The first kappa shape index (κ1) is 18.1. The van der Waals surface area contributed by atoms with Crippen LogP contribution in [0.4, 0.5) is 0 Å². The molecular formula is C12H27ClN2O. The summed E-state index contributed by atoms with van der Waals surface area (Å²) in [7, 11) is 0. The fraction of sp³-hybridized carbons (Fsp3) is 0.917. The van der Waals surface area contributed by atoms with E-state index >= 15 is 0 Å². The van der Waals surface area contributed by atoms with Gasteiger partial charge < -0.3 is 11.1 Å². The lowest BCUT2D eigenvalue weighted by molar-refractivity contribution is -0.121. The third-order valence-electron chi connectivity index (χ3n) is 2.56. The first-order chi connectivity index (χ1) is 7.24. The molecule has 0 radical (unpaired) electrons. The van der Waals surface area contributed by atoms with E-state index in [4.69, 9.17) is 5.73 Å². The third-order valence-corrected chi connectivity index (χ3v) is 2.56. The number of nitrogens with one attached hydrogen (secondary N) is 1. The average molecular weight is 251 g/mol. The maximum Gasteiger partial charge on any atom is 0.220 e. The quantitative estimate of drug-likeness (QED) is 0.618. The molecule has 0 spiro atoms. The summed E-state index contributed by atoms with van der Waals surface area (Å²) in [6.07, 6.45) is 7.23. The highest BCUT2D eigenvalue weighted by Crippen LogP contribution is 2.02. The highest BCUT2D eigenvalue weighted by molar-refractivity contribution is 5.85. The second kappa shape index (κ2) is 12.8. The normalized spacial score (nSPS) is 11.7. The van der Waals surface area contributed by atoms with Gasteiger partial charge in [-0.1, -0.05) is 39.5 Å². The van der Waals surface area contributed by atoms with E-state index in [2.05, 4.69) is 19.2 Å². The minimum atomic E-state index is 0. The molecule has 16 heavy (non-hydrogen) atoms. The lowest BCUT2D eigenvalue weighted by atomic mass is 10.1. The molecule has 0 heterocycles. The number of nitrogens with two attached hydrogens (primary N) is 1. The molecule has 98 valence electrons. The van der Waals surface area contributed by atoms with Gasteiger partial charge in [-0.05, 0) is 12.8 Å². The number of carbonyl (C=O) groups is 1. The van der Waals surface area contributed by atoms with Crippen molar-refractivity contribution in [2.45, 2.75) is 64.8 Å². The molecule has 1 unspecified atom stereocenters. The zero-order valence-corrected chi connectivity index (χ0v) is 11.4. The van der Waals surface area contributed by atoms with Gasteiger partial charge in [-0.15, -0.1) is 12.4 Å². The average Bonchev–Trinajstić information content (AvgIpc) is 2.24. The van der Waals surface area contributed by atoms with Crippen LogP contribution >= 0.6 is 12.4 Å². The number of hydrogen-bond donors (Lipinski definition) is 2. The number of amides is 1. The molecule has 0 rings (SSSR count).